The maximum atomic E-state index is 13.3. The number of fused-ring (bicyclic) bond motifs is 1. The molecule has 182 valence electrons. The van der Waals surface area contributed by atoms with Crippen molar-refractivity contribution in [2.24, 2.45) is 17.8 Å². The third-order valence-corrected chi connectivity index (χ3v) is 7.62. The number of methoxy groups -OCH3 is 1. The maximum Gasteiger partial charge on any atom is 0.234 e. The zero-order chi connectivity index (χ0) is 24.8. The normalized spacial score (nSPS) is 34.9. The predicted octanol–water partition coefficient (Wildman–Crippen LogP) is 0.990. The summed E-state index contributed by atoms with van der Waals surface area (Å²) < 4.78 is 16.7. The zero-order valence-electron chi connectivity index (χ0n) is 18.4. The van der Waals surface area contributed by atoms with Gasteiger partial charge in [0.15, 0.2) is 29.5 Å². The summed E-state index contributed by atoms with van der Waals surface area (Å²) in [6.45, 7) is 0.0452. The molecule has 35 heavy (non-hydrogen) atoms. The lowest BCUT2D eigenvalue weighted by Gasteiger charge is -2.50. The number of hydrogen-bond donors (Lipinski definition) is 5. The highest BCUT2D eigenvalue weighted by molar-refractivity contribution is 6.06. The number of ketones is 2. The SMILES string of the molecule is COc1cc([C@@H]2[C@H]3CO[C@@]4(O)C(=O)[C@@H]2C=C([C@H]2Oc5cc(O)cc(O)c5C(=O)C2O)[C@@H]34)ccc1O. The topological polar surface area (TPSA) is 163 Å². The summed E-state index contributed by atoms with van der Waals surface area (Å²) in [5, 5.41) is 52.0. The third kappa shape index (κ3) is 2.81. The number of benzene rings is 2. The molecule has 10 nitrogen and oxygen atoms in total. The second kappa shape index (κ2) is 7.20. The van der Waals surface area contributed by atoms with Crippen LogP contribution in [-0.2, 0) is 9.53 Å². The first-order valence-corrected chi connectivity index (χ1v) is 11.1. The highest BCUT2D eigenvalue weighted by Gasteiger charge is 2.69. The summed E-state index contributed by atoms with van der Waals surface area (Å²) in [6.07, 6.45) is -1.37. The van der Waals surface area contributed by atoms with Gasteiger partial charge in [0.2, 0.25) is 11.6 Å². The van der Waals surface area contributed by atoms with E-state index in [4.69, 9.17) is 14.2 Å². The number of aromatic hydroxyl groups is 3. The monoisotopic (exact) mass is 482 g/mol. The van der Waals surface area contributed by atoms with Crippen molar-refractivity contribution >= 4 is 11.6 Å². The Morgan fingerprint density at radius 1 is 1.09 bits per heavy atom. The quantitative estimate of drug-likeness (QED) is 0.399. The molecule has 4 bridgehead atoms. The summed E-state index contributed by atoms with van der Waals surface area (Å²) in [5.74, 6) is -6.84. The third-order valence-electron chi connectivity index (χ3n) is 7.62. The fraction of sp³-hybridized carbons (Fsp3) is 0.360. The van der Waals surface area contributed by atoms with E-state index in [1.807, 2.05) is 0 Å². The van der Waals surface area contributed by atoms with Crippen molar-refractivity contribution in [1.29, 1.82) is 0 Å². The molecule has 1 unspecified atom stereocenters. The summed E-state index contributed by atoms with van der Waals surface area (Å²) >= 11 is 0. The second-order valence-corrected chi connectivity index (χ2v) is 9.35. The molecule has 2 aromatic rings. The van der Waals surface area contributed by atoms with E-state index in [9.17, 15) is 35.1 Å². The van der Waals surface area contributed by atoms with Gasteiger partial charge < -0.3 is 39.7 Å². The Hall–Kier alpha value is -3.60. The van der Waals surface area contributed by atoms with Crippen LogP contribution in [0, 0.1) is 17.8 Å². The second-order valence-electron chi connectivity index (χ2n) is 9.35. The van der Waals surface area contributed by atoms with Crippen LogP contribution in [0.4, 0.5) is 0 Å². The van der Waals surface area contributed by atoms with E-state index in [0.29, 0.717) is 11.1 Å². The molecule has 1 saturated heterocycles. The van der Waals surface area contributed by atoms with E-state index in [0.717, 1.165) is 12.1 Å². The van der Waals surface area contributed by atoms with Crippen LogP contribution in [-0.4, -0.2) is 68.8 Å². The van der Waals surface area contributed by atoms with Gasteiger partial charge in [0.05, 0.1) is 19.6 Å². The number of aliphatic hydroxyl groups is 2. The van der Waals surface area contributed by atoms with Gasteiger partial charge in [-0.05, 0) is 23.3 Å². The first-order valence-electron chi connectivity index (χ1n) is 11.1. The van der Waals surface area contributed by atoms with Crippen molar-refractivity contribution in [3.05, 3.63) is 53.1 Å². The Balaban J connectivity index is 1.46. The highest BCUT2D eigenvalue weighted by Crippen LogP contribution is 2.61. The van der Waals surface area contributed by atoms with Crippen LogP contribution >= 0.6 is 0 Å². The standard InChI is InChI=1S/C25H22O10/c1-33-16-4-9(2-3-14(16)27)18-11-7-12(20-13(18)8-34-25(20,32)24(11)31)23-22(30)21(29)19-15(28)5-10(26)6-17(19)35-23/h2-7,11,13,18,20,22-23,26-28,30,32H,8H2,1H3/t11-,13-,18+,20+,22?,23-,25-/m1/s1. The van der Waals surface area contributed by atoms with Gasteiger partial charge in [-0.15, -0.1) is 0 Å². The van der Waals surface area contributed by atoms with Gasteiger partial charge >= 0.3 is 0 Å². The van der Waals surface area contributed by atoms with Gasteiger partial charge in [0.25, 0.3) is 0 Å². The predicted molar refractivity (Wildman–Crippen MR) is 116 cm³/mol. The lowest BCUT2D eigenvalue weighted by Crippen LogP contribution is -2.60. The van der Waals surface area contributed by atoms with Gasteiger partial charge in [-0.3, -0.25) is 9.59 Å². The molecule has 3 aliphatic carbocycles. The number of carbonyl (C=O) groups excluding carboxylic acids is 2. The van der Waals surface area contributed by atoms with E-state index < -0.39 is 59.0 Å². The van der Waals surface area contributed by atoms with Gasteiger partial charge in [-0.25, -0.2) is 0 Å². The van der Waals surface area contributed by atoms with Crippen molar-refractivity contribution in [2.75, 3.05) is 13.7 Å². The number of rotatable bonds is 3. The Bertz CT molecular complexity index is 1320. The van der Waals surface area contributed by atoms with Crippen molar-refractivity contribution < 1.29 is 49.3 Å². The molecule has 0 aromatic heterocycles. The van der Waals surface area contributed by atoms with Crippen molar-refractivity contribution in [3.8, 4) is 28.7 Å². The van der Waals surface area contributed by atoms with Gasteiger partial charge in [-0.1, -0.05) is 12.1 Å². The minimum atomic E-state index is -2.13. The molecule has 2 heterocycles. The minimum Gasteiger partial charge on any atom is -0.508 e. The lowest BCUT2D eigenvalue weighted by molar-refractivity contribution is -0.206. The Kier molecular flexibility index (Phi) is 4.51. The van der Waals surface area contributed by atoms with Crippen LogP contribution in [0.2, 0.25) is 0 Å². The van der Waals surface area contributed by atoms with Crippen LogP contribution in [0.3, 0.4) is 0 Å². The van der Waals surface area contributed by atoms with Crippen LogP contribution in [0.5, 0.6) is 28.7 Å². The summed E-state index contributed by atoms with van der Waals surface area (Å²) in [5.41, 5.74) is 0.796. The molecule has 5 N–H and O–H groups in total. The van der Waals surface area contributed by atoms with Gasteiger partial charge in [-0.2, -0.15) is 0 Å². The van der Waals surface area contributed by atoms with Gasteiger partial charge in [0, 0.05) is 29.9 Å². The van der Waals surface area contributed by atoms with E-state index in [1.54, 1.807) is 18.2 Å². The maximum absolute atomic E-state index is 13.3. The molecule has 5 aliphatic rings. The number of aliphatic hydroxyl groups excluding tert-OH is 1. The van der Waals surface area contributed by atoms with Crippen LogP contribution in [0.15, 0.2) is 42.0 Å². The molecule has 10 heteroatoms. The smallest absolute Gasteiger partial charge is 0.234 e. The Morgan fingerprint density at radius 3 is 2.60 bits per heavy atom. The molecular formula is C25H22O10. The molecular weight excluding hydrogens is 460 g/mol. The largest absolute Gasteiger partial charge is 0.508 e. The van der Waals surface area contributed by atoms with Crippen LogP contribution in [0.25, 0.3) is 0 Å². The van der Waals surface area contributed by atoms with E-state index in [-0.39, 0.29) is 35.2 Å². The minimum absolute atomic E-state index is 0.0452. The van der Waals surface area contributed by atoms with E-state index in [2.05, 4.69) is 0 Å². The van der Waals surface area contributed by atoms with E-state index in [1.165, 1.54) is 13.2 Å². The number of phenolic OH excluding ortho intramolecular Hbond substituents is 3. The molecule has 0 spiro atoms. The number of hydrogen-bond acceptors (Lipinski definition) is 10. The molecule has 2 aromatic carbocycles. The number of allylic oxidation sites excluding steroid dienone is 1. The molecule has 7 rings (SSSR count). The molecule has 2 aliphatic heterocycles. The Morgan fingerprint density at radius 2 is 1.86 bits per heavy atom. The number of phenols is 3. The lowest BCUT2D eigenvalue weighted by atomic mass is 9.55. The van der Waals surface area contributed by atoms with Crippen LogP contribution < -0.4 is 9.47 Å². The average Bonchev–Trinajstić information content (AvgIpc) is 3.14. The fourth-order valence-electron chi connectivity index (χ4n) is 6.16. The Labute approximate surface area is 198 Å². The molecule has 7 atom stereocenters. The number of Topliss-reactive ketones (excluding diaryl/α,β-unsaturated/α-hetero) is 2. The molecule has 1 saturated carbocycles. The van der Waals surface area contributed by atoms with Crippen molar-refractivity contribution in [1.82, 2.24) is 0 Å². The van der Waals surface area contributed by atoms with Crippen molar-refractivity contribution in [2.45, 2.75) is 23.9 Å². The molecule has 2 fully saturated rings. The molecule has 0 amide bonds. The van der Waals surface area contributed by atoms with E-state index >= 15 is 0 Å². The van der Waals surface area contributed by atoms with Crippen molar-refractivity contribution in [3.63, 3.8) is 0 Å². The van der Waals surface area contributed by atoms with Crippen LogP contribution in [0.1, 0.15) is 21.8 Å². The summed E-state index contributed by atoms with van der Waals surface area (Å²) in [6, 6.07) is 6.91. The van der Waals surface area contributed by atoms with Gasteiger partial charge in [0.1, 0.15) is 22.8 Å². The number of carbonyl (C=O) groups is 2. The first kappa shape index (κ1) is 21.9. The number of ether oxygens (including phenoxy) is 3. The molecule has 0 radical (unpaired) electrons. The average molecular weight is 482 g/mol. The fourth-order valence-corrected chi connectivity index (χ4v) is 6.16. The zero-order valence-corrected chi connectivity index (χ0v) is 18.4. The summed E-state index contributed by atoms with van der Waals surface area (Å²) in [7, 11) is 1.42. The summed E-state index contributed by atoms with van der Waals surface area (Å²) in [4.78, 5) is 26.2. The first-order chi connectivity index (χ1) is 16.7. The highest BCUT2D eigenvalue weighted by atomic mass is 16.6.